The quantitative estimate of drug-likeness (QED) is 0.663. The Balaban J connectivity index is 0.00000529. The van der Waals surface area contributed by atoms with E-state index in [1.807, 2.05) is 13.8 Å². The number of ketones is 1. The van der Waals surface area contributed by atoms with Crippen molar-refractivity contribution < 1.29 is 18.7 Å². The lowest BCUT2D eigenvalue weighted by atomic mass is 9.94. The predicted molar refractivity (Wildman–Crippen MR) is 94.3 cm³/mol. The van der Waals surface area contributed by atoms with Crippen molar-refractivity contribution >= 4 is 24.1 Å². The fourth-order valence-corrected chi connectivity index (χ4v) is 2.07. The van der Waals surface area contributed by atoms with Gasteiger partial charge >= 0.3 is 0 Å². The summed E-state index contributed by atoms with van der Waals surface area (Å²) in [6.07, 6.45) is 1.59. The van der Waals surface area contributed by atoms with Crippen LogP contribution in [0.2, 0.25) is 0 Å². The second-order valence-corrected chi connectivity index (χ2v) is 5.62. The van der Waals surface area contributed by atoms with E-state index in [1.165, 1.54) is 19.2 Å². The summed E-state index contributed by atoms with van der Waals surface area (Å²) in [5, 5.41) is 2.75. The van der Waals surface area contributed by atoms with Gasteiger partial charge in [0.2, 0.25) is 5.91 Å². The van der Waals surface area contributed by atoms with Crippen molar-refractivity contribution in [3.63, 3.8) is 0 Å². The summed E-state index contributed by atoms with van der Waals surface area (Å²) >= 11 is 0. The van der Waals surface area contributed by atoms with Crippen LogP contribution in [-0.2, 0) is 4.79 Å². The van der Waals surface area contributed by atoms with E-state index >= 15 is 0 Å². The lowest BCUT2D eigenvalue weighted by Crippen LogP contribution is -2.49. The number of ether oxygens (including phenoxy) is 1. The highest BCUT2D eigenvalue weighted by Crippen LogP contribution is 2.19. The molecule has 1 amide bonds. The summed E-state index contributed by atoms with van der Waals surface area (Å²) in [6.45, 7) is 4.32. The van der Waals surface area contributed by atoms with Gasteiger partial charge in [-0.05, 0) is 31.0 Å². The molecule has 24 heavy (non-hydrogen) atoms. The van der Waals surface area contributed by atoms with Crippen LogP contribution in [0.15, 0.2) is 18.2 Å². The number of hydrogen-bond acceptors (Lipinski definition) is 4. The maximum absolute atomic E-state index is 13.6. The molecule has 1 aromatic rings. The van der Waals surface area contributed by atoms with Crippen molar-refractivity contribution in [3.8, 4) is 5.75 Å². The number of Topliss-reactive ketones (excluding diaryl/α,β-unsaturated/α-hetero) is 1. The lowest BCUT2D eigenvalue weighted by molar-refractivity contribution is -0.121. The van der Waals surface area contributed by atoms with Gasteiger partial charge < -0.3 is 15.8 Å². The van der Waals surface area contributed by atoms with Crippen LogP contribution in [0.1, 0.15) is 49.9 Å². The van der Waals surface area contributed by atoms with Crippen LogP contribution in [0.3, 0.4) is 0 Å². The maximum Gasteiger partial charge on any atom is 0.220 e. The molecule has 3 N–H and O–H groups in total. The monoisotopic (exact) mass is 360 g/mol. The molecule has 0 bridgehead atoms. The first kappa shape index (κ1) is 22.3. The van der Waals surface area contributed by atoms with Crippen molar-refractivity contribution in [1.82, 2.24) is 5.32 Å². The van der Waals surface area contributed by atoms with Gasteiger partial charge in [0, 0.05) is 30.5 Å². The highest BCUT2D eigenvalue weighted by molar-refractivity contribution is 5.98. The van der Waals surface area contributed by atoms with Crippen LogP contribution < -0.4 is 15.8 Å². The molecule has 0 unspecified atom stereocenters. The molecule has 1 rings (SSSR count). The molecular weight excluding hydrogens is 335 g/mol. The van der Waals surface area contributed by atoms with Crippen LogP contribution in [0.25, 0.3) is 0 Å². The van der Waals surface area contributed by atoms with E-state index in [9.17, 15) is 14.0 Å². The molecule has 0 saturated carbocycles. The van der Waals surface area contributed by atoms with Gasteiger partial charge in [0.1, 0.15) is 0 Å². The summed E-state index contributed by atoms with van der Waals surface area (Å²) in [6, 6.07) is 4.01. The second kappa shape index (κ2) is 10.3. The first-order valence-electron chi connectivity index (χ1n) is 7.77. The van der Waals surface area contributed by atoms with Crippen LogP contribution in [0.4, 0.5) is 4.39 Å². The zero-order valence-electron chi connectivity index (χ0n) is 14.4. The number of hydrogen-bond donors (Lipinski definition) is 2. The fourth-order valence-electron chi connectivity index (χ4n) is 2.07. The third-order valence-corrected chi connectivity index (χ3v) is 4.10. The number of halogens is 2. The van der Waals surface area contributed by atoms with Crippen molar-refractivity contribution in [2.75, 3.05) is 13.7 Å². The Hall–Kier alpha value is -1.66. The van der Waals surface area contributed by atoms with Gasteiger partial charge in [-0.1, -0.05) is 13.8 Å². The van der Waals surface area contributed by atoms with Crippen LogP contribution >= 0.6 is 12.4 Å². The highest BCUT2D eigenvalue weighted by atomic mass is 35.5. The Kier molecular flexibility index (Phi) is 9.55. The van der Waals surface area contributed by atoms with Gasteiger partial charge in [0.05, 0.1) is 7.11 Å². The molecule has 5 nitrogen and oxygen atoms in total. The van der Waals surface area contributed by atoms with Crippen LogP contribution in [0, 0.1) is 5.82 Å². The molecule has 136 valence electrons. The number of amides is 1. The number of rotatable bonds is 9. The standard InChI is InChI=1S/C17H25FN2O3.ClH/c1-4-17(19,5-2)11-20-16(22)9-7-14(21)12-6-8-15(23-3)13(18)10-12;/h6,8,10H,4-5,7,9,11,19H2,1-3H3,(H,20,22);1H. The van der Waals surface area contributed by atoms with Gasteiger partial charge in [-0.2, -0.15) is 0 Å². The second-order valence-electron chi connectivity index (χ2n) is 5.62. The zero-order chi connectivity index (χ0) is 17.5. The molecular formula is C17H26ClFN2O3. The van der Waals surface area contributed by atoms with E-state index in [0.717, 1.165) is 18.9 Å². The minimum Gasteiger partial charge on any atom is -0.494 e. The Morgan fingerprint density at radius 3 is 2.38 bits per heavy atom. The third kappa shape index (κ3) is 6.45. The van der Waals surface area contributed by atoms with E-state index in [-0.39, 0.29) is 48.3 Å². The molecule has 1 aromatic carbocycles. The molecule has 0 radical (unpaired) electrons. The molecule has 0 aromatic heterocycles. The van der Waals surface area contributed by atoms with Gasteiger partial charge in [-0.3, -0.25) is 9.59 Å². The molecule has 0 atom stereocenters. The summed E-state index contributed by atoms with van der Waals surface area (Å²) in [4.78, 5) is 23.8. The van der Waals surface area contributed by atoms with E-state index in [1.54, 1.807) is 0 Å². The molecule has 7 heteroatoms. The first-order valence-corrected chi connectivity index (χ1v) is 7.77. The van der Waals surface area contributed by atoms with Crippen molar-refractivity contribution in [2.24, 2.45) is 5.73 Å². The maximum atomic E-state index is 13.6. The Morgan fingerprint density at radius 2 is 1.88 bits per heavy atom. The number of methoxy groups -OCH3 is 1. The largest absolute Gasteiger partial charge is 0.494 e. The minimum absolute atomic E-state index is 0. The lowest BCUT2D eigenvalue weighted by Gasteiger charge is -2.26. The molecule has 0 aliphatic rings. The van der Waals surface area contributed by atoms with E-state index < -0.39 is 11.4 Å². The third-order valence-electron chi connectivity index (χ3n) is 4.10. The minimum atomic E-state index is -0.596. The molecule has 0 aliphatic heterocycles. The van der Waals surface area contributed by atoms with Gasteiger partial charge in [0.15, 0.2) is 17.3 Å². The van der Waals surface area contributed by atoms with Crippen LogP contribution in [-0.4, -0.2) is 30.9 Å². The number of carbonyl (C=O) groups is 2. The predicted octanol–water partition coefficient (Wildman–Crippen LogP) is 2.85. The SMILES string of the molecule is CCC(N)(CC)CNC(=O)CCC(=O)c1ccc(OC)c(F)c1.Cl. The number of nitrogens with one attached hydrogen (secondary N) is 1. The van der Waals surface area contributed by atoms with Gasteiger partial charge in [-0.25, -0.2) is 4.39 Å². The normalized spacial score (nSPS) is 10.7. The zero-order valence-corrected chi connectivity index (χ0v) is 15.2. The van der Waals surface area contributed by atoms with Crippen molar-refractivity contribution in [3.05, 3.63) is 29.6 Å². The number of carbonyl (C=O) groups excluding carboxylic acids is 2. The van der Waals surface area contributed by atoms with E-state index in [0.29, 0.717) is 6.54 Å². The van der Waals surface area contributed by atoms with E-state index in [4.69, 9.17) is 10.5 Å². The average Bonchev–Trinajstić information content (AvgIpc) is 2.57. The Labute approximate surface area is 148 Å². The number of benzene rings is 1. The average molecular weight is 361 g/mol. The van der Waals surface area contributed by atoms with Gasteiger partial charge in [-0.15, -0.1) is 12.4 Å². The topological polar surface area (TPSA) is 81.4 Å². The van der Waals surface area contributed by atoms with Crippen molar-refractivity contribution in [1.29, 1.82) is 0 Å². The van der Waals surface area contributed by atoms with E-state index in [2.05, 4.69) is 5.32 Å². The van der Waals surface area contributed by atoms with Crippen molar-refractivity contribution in [2.45, 2.75) is 45.1 Å². The first-order chi connectivity index (χ1) is 10.8. The smallest absolute Gasteiger partial charge is 0.220 e. The Bertz CT molecular complexity index is 563. The molecule has 0 aliphatic carbocycles. The van der Waals surface area contributed by atoms with Crippen LogP contribution in [0.5, 0.6) is 5.75 Å². The van der Waals surface area contributed by atoms with Gasteiger partial charge in [0.25, 0.3) is 0 Å². The molecule has 0 spiro atoms. The highest BCUT2D eigenvalue weighted by Gasteiger charge is 2.21. The summed E-state index contributed by atoms with van der Waals surface area (Å²) in [5.74, 6) is -1.03. The molecule has 0 heterocycles. The molecule has 0 saturated heterocycles. The fraction of sp³-hybridized carbons (Fsp3) is 0.529. The summed E-state index contributed by atoms with van der Waals surface area (Å²) < 4.78 is 18.4. The number of nitrogens with two attached hydrogens (primary N) is 1. The molecule has 0 fully saturated rings. The summed E-state index contributed by atoms with van der Waals surface area (Å²) in [5.41, 5.74) is 5.91. The summed E-state index contributed by atoms with van der Waals surface area (Å²) in [7, 11) is 1.36. The Morgan fingerprint density at radius 1 is 1.25 bits per heavy atom.